The van der Waals surface area contributed by atoms with E-state index in [2.05, 4.69) is 20.4 Å². The number of benzene rings is 1. The topological polar surface area (TPSA) is 81.9 Å². The molecule has 3 rings (SSSR count). The Bertz CT molecular complexity index is 769. The van der Waals surface area contributed by atoms with E-state index in [0.29, 0.717) is 22.9 Å². The van der Waals surface area contributed by atoms with E-state index in [0.717, 1.165) is 0 Å². The van der Waals surface area contributed by atoms with E-state index in [1.54, 1.807) is 60.6 Å². The standard InChI is InChI=1S/C15H13N5O2/c1-22-12-5-3-11(4-6-12)15(21)19-13-9-14(17-10-16-13)20-8-2-7-18-20/h2-10H,1H3,(H,16,17,19,21). The van der Waals surface area contributed by atoms with Crippen molar-refractivity contribution in [3.05, 3.63) is 60.7 Å². The lowest BCUT2D eigenvalue weighted by atomic mass is 10.2. The lowest BCUT2D eigenvalue weighted by molar-refractivity contribution is 0.102. The number of aromatic nitrogens is 4. The summed E-state index contributed by atoms with van der Waals surface area (Å²) in [6.45, 7) is 0. The largest absolute Gasteiger partial charge is 0.497 e. The fourth-order valence-electron chi connectivity index (χ4n) is 1.88. The van der Waals surface area contributed by atoms with Gasteiger partial charge in [0.25, 0.3) is 5.91 Å². The minimum absolute atomic E-state index is 0.257. The van der Waals surface area contributed by atoms with Crippen LogP contribution in [0.2, 0.25) is 0 Å². The minimum atomic E-state index is -0.257. The quantitative estimate of drug-likeness (QED) is 0.795. The second-order valence-electron chi connectivity index (χ2n) is 4.39. The molecule has 0 aliphatic carbocycles. The second kappa shape index (κ2) is 6.04. The summed E-state index contributed by atoms with van der Waals surface area (Å²) in [6, 6.07) is 10.3. The normalized spacial score (nSPS) is 10.2. The molecule has 7 nitrogen and oxygen atoms in total. The van der Waals surface area contributed by atoms with Crippen molar-refractivity contribution in [2.75, 3.05) is 12.4 Å². The second-order valence-corrected chi connectivity index (χ2v) is 4.39. The van der Waals surface area contributed by atoms with Gasteiger partial charge >= 0.3 is 0 Å². The Labute approximate surface area is 126 Å². The van der Waals surface area contributed by atoms with Crippen LogP contribution in [0.5, 0.6) is 5.75 Å². The smallest absolute Gasteiger partial charge is 0.256 e. The van der Waals surface area contributed by atoms with E-state index < -0.39 is 0 Å². The summed E-state index contributed by atoms with van der Waals surface area (Å²) in [5, 5.41) is 6.81. The minimum Gasteiger partial charge on any atom is -0.497 e. The molecule has 2 heterocycles. The molecule has 7 heteroatoms. The molecule has 0 aliphatic heterocycles. The molecule has 0 saturated carbocycles. The molecule has 0 unspecified atom stereocenters. The molecule has 0 radical (unpaired) electrons. The molecule has 0 fully saturated rings. The van der Waals surface area contributed by atoms with E-state index in [9.17, 15) is 4.79 Å². The van der Waals surface area contributed by atoms with Gasteiger partial charge in [-0.15, -0.1) is 0 Å². The average molecular weight is 295 g/mol. The molecule has 22 heavy (non-hydrogen) atoms. The first-order valence-electron chi connectivity index (χ1n) is 6.54. The summed E-state index contributed by atoms with van der Waals surface area (Å²) in [4.78, 5) is 20.3. The Morgan fingerprint density at radius 2 is 2.05 bits per heavy atom. The van der Waals surface area contributed by atoms with Crippen molar-refractivity contribution in [1.82, 2.24) is 19.7 Å². The fourth-order valence-corrected chi connectivity index (χ4v) is 1.88. The van der Waals surface area contributed by atoms with Gasteiger partial charge in [0.1, 0.15) is 17.9 Å². The van der Waals surface area contributed by atoms with Gasteiger partial charge in [-0.2, -0.15) is 5.10 Å². The summed E-state index contributed by atoms with van der Waals surface area (Å²) in [5.74, 6) is 1.42. The Kier molecular flexibility index (Phi) is 3.78. The maximum atomic E-state index is 12.2. The number of methoxy groups -OCH3 is 1. The van der Waals surface area contributed by atoms with Crippen LogP contribution in [0, 0.1) is 0 Å². The zero-order valence-electron chi connectivity index (χ0n) is 11.8. The van der Waals surface area contributed by atoms with Gasteiger partial charge in [0.05, 0.1) is 7.11 Å². The van der Waals surface area contributed by atoms with Crippen LogP contribution >= 0.6 is 0 Å². The van der Waals surface area contributed by atoms with Gasteiger partial charge in [0.15, 0.2) is 5.82 Å². The summed E-state index contributed by atoms with van der Waals surface area (Å²) in [6.07, 6.45) is 4.79. The molecule has 1 aromatic carbocycles. The van der Waals surface area contributed by atoms with Crippen LogP contribution in [0.3, 0.4) is 0 Å². The van der Waals surface area contributed by atoms with Crippen LogP contribution in [0.1, 0.15) is 10.4 Å². The van der Waals surface area contributed by atoms with Crippen LogP contribution in [0.4, 0.5) is 5.82 Å². The monoisotopic (exact) mass is 295 g/mol. The van der Waals surface area contributed by atoms with Gasteiger partial charge in [0.2, 0.25) is 0 Å². The highest BCUT2D eigenvalue weighted by Crippen LogP contribution is 2.13. The van der Waals surface area contributed by atoms with Gasteiger partial charge < -0.3 is 10.1 Å². The van der Waals surface area contributed by atoms with E-state index in [1.807, 2.05) is 0 Å². The maximum absolute atomic E-state index is 12.2. The van der Waals surface area contributed by atoms with E-state index in [-0.39, 0.29) is 5.91 Å². The highest BCUT2D eigenvalue weighted by Gasteiger charge is 2.08. The third-order valence-electron chi connectivity index (χ3n) is 2.99. The van der Waals surface area contributed by atoms with E-state index in [1.165, 1.54) is 6.33 Å². The van der Waals surface area contributed by atoms with Crippen molar-refractivity contribution in [3.63, 3.8) is 0 Å². The lowest BCUT2D eigenvalue weighted by Gasteiger charge is -2.06. The van der Waals surface area contributed by atoms with Crippen molar-refractivity contribution in [1.29, 1.82) is 0 Å². The van der Waals surface area contributed by atoms with Gasteiger partial charge in [-0.3, -0.25) is 4.79 Å². The number of nitrogens with one attached hydrogen (secondary N) is 1. The van der Waals surface area contributed by atoms with Crippen molar-refractivity contribution in [3.8, 4) is 11.6 Å². The predicted molar refractivity (Wildman–Crippen MR) is 80.1 cm³/mol. The molecule has 3 aromatic rings. The van der Waals surface area contributed by atoms with Crippen LogP contribution in [0.25, 0.3) is 5.82 Å². The zero-order valence-corrected chi connectivity index (χ0v) is 11.8. The van der Waals surface area contributed by atoms with Crippen molar-refractivity contribution >= 4 is 11.7 Å². The Morgan fingerprint density at radius 1 is 1.23 bits per heavy atom. The molecule has 110 valence electrons. The Balaban J connectivity index is 1.77. The average Bonchev–Trinajstić information content (AvgIpc) is 3.10. The third-order valence-corrected chi connectivity index (χ3v) is 2.99. The third kappa shape index (κ3) is 2.93. The number of carbonyl (C=O) groups excluding carboxylic acids is 1. The first-order valence-corrected chi connectivity index (χ1v) is 6.54. The molecular weight excluding hydrogens is 282 g/mol. The van der Waals surface area contributed by atoms with Crippen LogP contribution in [0.15, 0.2) is 55.1 Å². The van der Waals surface area contributed by atoms with E-state index >= 15 is 0 Å². The van der Waals surface area contributed by atoms with Crippen molar-refractivity contribution in [2.24, 2.45) is 0 Å². The van der Waals surface area contributed by atoms with Crippen molar-refractivity contribution in [2.45, 2.75) is 0 Å². The number of amides is 1. The summed E-state index contributed by atoms with van der Waals surface area (Å²) < 4.78 is 6.65. The van der Waals surface area contributed by atoms with Crippen LogP contribution in [-0.2, 0) is 0 Å². The number of hydrogen-bond donors (Lipinski definition) is 1. The molecule has 0 bridgehead atoms. The summed E-state index contributed by atoms with van der Waals surface area (Å²) in [7, 11) is 1.58. The van der Waals surface area contributed by atoms with E-state index in [4.69, 9.17) is 4.74 Å². The van der Waals surface area contributed by atoms with Gasteiger partial charge in [-0.05, 0) is 30.3 Å². The highest BCUT2D eigenvalue weighted by molar-refractivity contribution is 6.03. The molecule has 1 amide bonds. The highest BCUT2D eigenvalue weighted by atomic mass is 16.5. The summed E-state index contributed by atoms with van der Waals surface area (Å²) >= 11 is 0. The molecule has 0 spiro atoms. The first-order chi connectivity index (χ1) is 10.8. The van der Waals surface area contributed by atoms with Crippen LogP contribution in [-0.4, -0.2) is 32.8 Å². The zero-order chi connectivity index (χ0) is 15.4. The number of hydrogen-bond acceptors (Lipinski definition) is 5. The molecule has 0 saturated heterocycles. The molecule has 0 aliphatic rings. The van der Waals surface area contributed by atoms with Gasteiger partial charge in [-0.25, -0.2) is 14.6 Å². The fraction of sp³-hybridized carbons (Fsp3) is 0.0667. The number of ether oxygens (including phenoxy) is 1. The van der Waals surface area contributed by atoms with Gasteiger partial charge in [-0.1, -0.05) is 0 Å². The number of rotatable bonds is 4. The maximum Gasteiger partial charge on any atom is 0.256 e. The molecule has 2 aromatic heterocycles. The van der Waals surface area contributed by atoms with Crippen molar-refractivity contribution < 1.29 is 9.53 Å². The molecular formula is C15H13N5O2. The number of carbonyl (C=O) groups is 1. The number of nitrogens with zero attached hydrogens (tertiary/aromatic N) is 4. The SMILES string of the molecule is COc1ccc(C(=O)Nc2cc(-n3cccn3)ncn2)cc1. The molecule has 0 atom stereocenters. The summed E-state index contributed by atoms with van der Waals surface area (Å²) in [5.41, 5.74) is 0.514. The van der Waals surface area contributed by atoms with Crippen LogP contribution < -0.4 is 10.1 Å². The number of anilines is 1. The first kappa shape index (κ1) is 13.7. The van der Waals surface area contributed by atoms with Gasteiger partial charge in [0, 0.05) is 24.0 Å². The Hall–Kier alpha value is -3.22. The molecule has 1 N–H and O–H groups in total. The lowest BCUT2D eigenvalue weighted by Crippen LogP contribution is -2.13. The Morgan fingerprint density at radius 3 is 2.73 bits per heavy atom. The predicted octanol–water partition coefficient (Wildman–Crippen LogP) is 1.92.